The number of Topliss-reactive ketones (excluding diaryl/α,β-unsaturated/α-hetero) is 1. The lowest BCUT2D eigenvalue weighted by Crippen LogP contribution is -2.57. The van der Waals surface area contributed by atoms with Crippen LogP contribution >= 0.6 is 0 Å². The average molecular weight is 294 g/mol. The van der Waals surface area contributed by atoms with Gasteiger partial charge in [0.25, 0.3) is 0 Å². The Labute approximate surface area is 133 Å². The van der Waals surface area contributed by atoms with Crippen molar-refractivity contribution in [3.8, 4) is 0 Å². The molecule has 0 N–H and O–H groups in total. The maximum Gasteiger partial charge on any atom is 0.169 e. The van der Waals surface area contributed by atoms with Crippen LogP contribution in [0.4, 0.5) is 0 Å². The molecule has 4 fully saturated rings. The molecule has 116 valence electrons. The van der Waals surface area contributed by atoms with Gasteiger partial charge in [0, 0.05) is 11.0 Å². The molecule has 0 aromatic heterocycles. The van der Waals surface area contributed by atoms with E-state index < -0.39 is 0 Å². The topological polar surface area (TPSA) is 17.1 Å². The lowest BCUT2D eigenvalue weighted by molar-refractivity contribution is -0.0904. The predicted molar refractivity (Wildman–Crippen MR) is 87.8 cm³/mol. The normalized spacial score (nSPS) is 43.0. The highest BCUT2D eigenvalue weighted by Gasteiger charge is 2.60. The van der Waals surface area contributed by atoms with Crippen molar-refractivity contribution >= 4 is 5.78 Å². The van der Waals surface area contributed by atoms with Crippen LogP contribution in [0.2, 0.25) is 0 Å². The first-order chi connectivity index (χ1) is 10.8. The monoisotopic (exact) mass is 294 g/mol. The Morgan fingerprint density at radius 1 is 0.864 bits per heavy atom. The van der Waals surface area contributed by atoms with Crippen LogP contribution < -0.4 is 0 Å². The molecule has 0 saturated heterocycles. The van der Waals surface area contributed by atoms with Crippen molar-refractivity contribution in [2.24, 2.45) is 29.1 Å². The quantitative estimate of drug-likeness (QED) is 0.655. The molecule has 1 spiro atoms. The van der Waals surface area contributed by atoms with Crippen molar-refractivity contribution in [2.45, 2.75) is 57.8 Å². The second kappa shape index (κ2) is 4.69. The standard InChI is InChI=1S/C21H26O/c22-20-19-7-2-1-5-16(19)6-3-4-8-21(20)17-10-14-9-15(12-17)13-18(21)11-14/h1-2,5,7,14-15,17-18H,3-4,6,8-13H2. The summed E-state index contributed by atoms with van der Waals surface area (Å²) in [7, 11) is 0. The van der Waals surface area contributed by atoms with Gasteiger partial charge in [-0.15, -0.1) is 0 Å². The SMILES string of the molecule is O=C1c2ccccc2CCCCC12C1CC3CC(C1)CC2C3. The number of fused-ring (bicyclic) bond motifs is 1. The van der Waals surface area contributed by atoms with Crippen molar-refractivity contribution in [3.05, 3.63) is 35.4 Å². The molecule has 1 nitrogen and oxygen atoms in total. The first-order valence-corrected chi connectivity index (χ1v) is 9.40. The van der Waals surface area contributed by atoms with Crippen molar-refractivity contribution in [1.82, 2.24) is 0 Å². The summed E-state index contributed by atoms with van der Waals surface area (Å²) in [6.07, 6.45) is 11.6. The van der Waals surface area contributed by atoms with Gasteiger partial charge in [-0.2, -0.15) is 0 Å². The molecule has 0 atom stereocenters. The Morgan fingerprint density at radius 2 is 1.55 bits per heavy atom. The Hall–Kier alpha value is -1.11. The number of aryl methyl sites for hydroxylation is 1. The number of hydrogen-bond donors (Lipinski definition) is 0. The summed E-state index contributed by atoms with van der Waals surface area (Å²) >= 11 is 0. The van der Waals surface area contributed by atoms with Crippen LogP contribution in [0.15, 0.2) is 24.3 Å². The summed E-state index contributed by atoms with van der Waals surface area (Å²) in [6.45, 7) is 0. The Balaban J connectivity index is 1.63. The summed E-state index contributed by atoms with van der Waals surface area (Å²) in [5.41, 5.74) is 2.42. The van der Waals surface area contributed by atoms with E-state index in [0.29, 0.717) is 17.6 Å². The fourth-order valence-corrected chi connectivity index (χ4v) is 6.86. The van der Waals surface area contributed by atoms with Gasteiger partial charge in [0.15, 0.2) is 5.78 Å². The zero-order valence-electron chi connectivity index (χ0n) is 13.4. The van der Waals surface area contributed by atoms with E-state index in [9.17, 15) is 4.79 Å². The van der Waals surface area contributed by atoms with Gasteiger partial charge < -0.3 is 0 Å². The van der Waals surface area contributed by atoms with Gasteiger partial charge >= 0.3 is 0 Å². The summed E-state index contributed by atoms with van der Waals surface area (Å²) < 4.78 is 0. The molecule has 0 radical (unpaired) electrons. The third-order valence-electron chi connectivity index (χ3n) is 7.57. The van der Waals surface area contributed by atoms with Crippen molar-refractivity contribution < 1.29 is 4.79 Å². The van der Waals surface area contributed by atoms with E-state index in [4.69, 9.17) is 0 Å². The third kappa shape index (κ3) is 1.69. The number of ketones is 1. The summed E-state index contributed by atoms with van der Waals surface area (Å²) in [6, 6.07) is 8.50. The number of hydrogen-bond acceptors (Lipinski definition) is 1. The lowest BCUT2D eigenvalue weighted by atomic mass is 9.42. The molecule has 1 aromatic rings. The van der Waals surface area contributed by atoms with E-state index >= 15 is 0 Å². The minimum Gasteiger partial charge on any atom is -0.294 e. The summed E-state index contributed by atoms with van der Waals surface area (Å²) in [4.78, 5) is 13.7. The summed E-state index contributed by atoms with van der Waals surface area (Å²) in [5.74, 6) is 3.82. The molecule has 22 heavy (non-hydrogen) atoms. The number of rotatable bonds is 0. The van der Waals surface area contributed by atoms with Gasteiger partial charge in [-0.3, -0.25) is 4.79 Å². The van der Waals surface area contributed by atoms with Crippen LogP contribution in [-0.4, -0.2) is 5.78 Å². The van der Waals surface area contributed by atoms with Crippen LogP contribution in [0, 0.1) is 29.1 Å². The van der Waals surface area contributed by atoms with E-state index in [1.165, 1.54) is 56.9 Å². The van der Waals surface area contributed by atoms with Crippen LogP contribution in [0.3, 0.4) is 0 Å². The molecular weight excluding hydrogens is 268 g/mol. The second-order valence-electron chi connectivity index (χ2n) is 8.54. The van der Waals surface area contributed by atoms with Crippen LogP contribution in [0.25, 0.3) is 0 Å². The molecule has 4 saturated carbocycles. The van der Waals surface area contributed by atoms with Crippen molar-refractivity contribution in [2.75, 3.05) is 0 Å². The van der Waals surface area contributed by atoms with Gasteiger partial charge in [0.2, 0.25) is 0 Å². The molecular formula is C21H26O. The maximum atomic E-state index is 13.7. The van der Waals surface area contributed by atoms with Crippen LogP contribution in [-0.2, 0) is 6.42 Å². The van der Waals surface area contributed by atoms with Gasteiger partial charge in [0.1, 0.15) is 0 Å². The highest BCUT2D eigenvalue weighted by Crippen LogP contribution is 2.65. The van der Waals surface area contributed by atoms with Gasteiger partial charge in [0.05, 0.1) is 0 Å². The van der Waals surface area contributed by atoms with E-state index in [1.807, 2.05) is 0 Å². The summed E-state index contributed by atoms with van der Waals surface area (Å²) in [5, 5.41) is 0. The molecule has 6 rings (SSSR count). The van der Waals surface area contributed by atoms with E-state index in [0.717, 1.165) is 23.8 Å². The molecule has 1 heteroatoms. The number of benzene rings is 1. The Bertz CT molecular complexity index is 586. The van der Waals surface area contributed by atoms with Gasteiger partial charge in [-0.25, -0.2) is 0 Å². The zero-order chi connectivity index (χ0) is 14.7. The van der Waals surface area contributed by atoms with E-state index in [-0.39, 0.29) is 5.41 Å². The Morgan fingerprint density at radius 3 is 2.27 bits per heavy atom. The fourth-order valence-electron chi connectivity index (χ4n) is 6.86. The highest BCUT2D eigenvalue weighted by molar-refractivity contribution is 6.02. The van der Waals surface area contributed by atoms with Crippen molar-refractivity contribution in [3.63, 3.8) is 0 Å². The van der Waals surface area contributed by atoms with Crippen molar-refractivity contribution in [1.29, 1.82) is 0 Å². The molecule has 0 aliphatic heterocycles. The maximum absolute atomic E-state index is 13.7. The first-order valence-electron chi connectivity index (χ1n) is 9.40. The number of carbonyl (C=O) groups is 1. The minimum atomic E-state index is 0.0178. The smallest absolute Gasteiger partial charge is 0.169 e. The average Bonchev–Trinajstić information content (AvgIpc) is 2.51. The Kier molecular flexibility index (Phi) is 2.85. The largest absolute Gasteiger partial charge is 0.294 e. The molecule has 5 aliphatic rings. The highest BCUT2D eigenvalue weighted by atomic mass is 16.1. The molecule has 5 aliphatic carbocycles. The molecule has 0 unspecified atom stereocenters. The molecule has 0 amide bonds. The van der Waals surface area contributed by atoms with Crippen LogP contribution in [0.1, 0.15) is 67.3 Å². The van der Waals surface area contributed by atoms with E-state index in [1.54, 1.807) is 0 Å². The van der Waals surface area contributed by atoms with E-state index in [2.05, 4.69) is 24.3 Å². The van der Waals surface area contributed by atoms with Gasteiger partial charge in [-0.05, 0) is 80.6 Å². The molecule has 1 aromatic carbocycles. The lowest BCUT2D eigenvalue weighted by Gasteiger charge is -2.61. The first kappa shape index (κ1) is 13.3. The van der Waals surface area contributed by atoms with Crippen LogP contribution in [0.5, 0.6) is 0 Å². The zero-order valence-corrected chi connectivity index (χ0v) is 13.4. The molecule has 0 heterocycles. The minimum absolute atomic E-state index is 0.0178. The molecule has 4 bridgehead atoms. The second-order valence-corrected chi connectivity index (χ2v) is 8.54. The third-order valence-corrected chi connectivity index (χ3v) is 7.57. The fraction of sp³-hybridized carbons (Fsp3) is 0.667. The predicted octanol–water partition coefficient (Wildman–Crippen LogP) is 5.04. The number of carbonyl (C=O) groups excluding carboxylic acids is 1. The van der Waals surface area contributed by atoms with Gasteiger partial charge in [-0.1, -0.05) is 30.7 Å².